The van der Waals surface area contributed by atoms with Gasteiger partial charge in [0.05, 0.1) is 12.5 Å². The molecule has 1 aromatic heterocycles. The van der Waals surface area contributed by atoms with E-state index in [4.69, 9.17) is 14.7 Å². The highest BCUT2D eigenvalue weighted by Crippen LogP contribution is 2.28. The van der Waals surface area contributed by atoms with Crippen LogP contribution in [-0.4, -0.2) is 59.5 Å². The number of piperidine rings is 1. The van der Waals surface area contributed by atoms with Gasteiger partial charge in [-0.2, -0.15) is 0 Å². The Hall–Kier alpha value is -2.61. The van der Waals surface area contributed by atoms with Crippen LogP contribution in [0.3, 0.4) is 0 Å². The van der Waals surface area contributed by atoms with Crippen molar-refractivity contribution in [2.75, 3.05) is 31.6 Å². The number of hydrogen-bond acceptors (Lipinski definition) is 7. The molecule has 1 aliphatic heterocycles. The van der Waals surface area contributed by atoms with Crippen LogP contribution in [0.2, 0.25) is 0 Å². The summed E-state index contributed by atoms with van der Waals surface area (Å²) in [5.41, 5.74) is 2.84. The fourth-order valence-corrected chi connectivity index (χ4v) is 6.06. The zero-order valence-electron chi connectivity index (χ0n) is 22.4. The van der Waals surface area contributed by atoms with E-state index in [0.717, 1.165) is 47.2 Å². The summed E-state index contributed by atoms with van der Waals surface area (Å²) in [6.07, 6.45) is 8.87. The van der Waals surface area contributed by atoms with E-state index in [9.17, 15) is 9.59 Å². The van der Waals surface area contributed by atoms with Crippen LogP contribution in [0, 0.1) is 5.92 Å². The molecule has 8 heteroatoms. The summed E-state index contributed by atoms with van der Waals surface area (Å²) in [4.78, 5) is 39.0. The minimum absolute atomic E-state index is 0.0254. The van der Waals surface area contributed by atoms with Crippen LogP contribution in [0.25, 0.3) is 0 Å². The number of hydrogen-bond donors (Lipinski definition) is 0. The SMILES string of the molecule is CCOC(=O)C1CCCN(C(=O)c2ccc(CSc3nc(CC)cc(N(C)C4CCCCC4)n3)cc2)C1. The van der Waals surface area contributed by atoms with Crippen molar-refractivity contribution in [1.82, 2.24) is 14.9 Å². The molecule has 0 spiro atoms. The molecule has 37 heavy (non-hydrogen) atoms. The molecule has 0 radical (unpaired) electrons. The molecule has 2 aliphatic rings. The van der Waals surface area contributed by atoms with Crippen LogP contribution < -0.4 is 4.90 Å². The number of esters is 1. The number of benzene rings is 1. The van der Waals surface area contributed by atoms with Crippen molar-refractivity contribution in [1.29, 1.82) is 0 Å². The van der Waals surface area contributed by atoms with Gasteiger partial charge in [-0.05, 0) is 56.7 Å². The predicted molar refractivity (Wildman–Crippen MR) is 148 cm³/mol. The lowest BCUT2D eigenvalue weighted by Crippen LogP contribution is -2.42. The van der Waals surface area contributed by atoms with E-state index in [1.54, 1.807) is 16.7 Å². The Morgan fingerprint density at radius 3 is 2.51 bits per heavy atom. The van der Waals surface area contributed by atoms with Crippen LogP contribution in [-0.2, 0) is 21.7 Å². The first-order valence-corrected chi connectivity index (χ1v) is 14.8. The highest BCUT2D eigenvalue weighted by molar-refractivity contribution is 7.98. The molecule has 1 atom stereocenters. The molecule has 0 bridgehead atoms. The first kappa shape index (κ1) is 27.4. The molecule has 4 rings (SSSR count). The number of anilines is 1. The minimum Gasteiger partial charge on any atom is -0.466 e. The van der Waals surface area contributed by atoms with Crippen molar-refractivity contribution in [3.8, 4) is 0 Å². The van der Waals surface area contributed by atoms with Crippen LogP contribution in [0.4, 0.5) is 5.82 Å². The predicted octanol–water partition coefficient (Wildman–Crippen LogP) is 5.52. The number of thioether (sulfide) groups is 1. The highest BCUT2D eigenvalue weighted by atomic mass is 32.2. The second-order valence-corrected chi connectivity index (χ2v) is 11.0. The third-order valence-electron chi connectivity index (χ3n) is 7.49. The zero-order chi connectivity index (χ0) is 26.2. The molecular formula is C29H40N4O3S. The van der Waals surface area contributed by atoms with Crippen molar-refractivity contribution < 1.29 is 14.3 Å². The molecule has 1 unspecified atom stereocenters. The molecular weight excluding hydrogens is 484 g/mol. The second kappa shape index (κ2) is 13.3. The maximum atomic E-state index is 13.1. The van der Waals surface area contributed by atoms with Crippen molar-refractivity contribution in [2.24, 2.45) is 5.92 Å². The summed E-state index contributed by atoms with van der Waals surface area (Å²) in [7, 11) is 2.17. The number of rotatable bonds is 9. The van der Waals surface area contributed by atoms with Gasteiger partial charge >= 0.3 is 5.97 Å². The third-order valence-corrected chi connectivity index (χ3v) is 8.41. The van der Waals surface area contributed by atoms with Gasteiger partial charge in [-0.1, -0.05) is 50.1 Å². The largest absolute Gasteiger partial charge is 0.466 e. The van der Waals surface area contributed by atoms with Crippen molar-refractivity contribution in [2.45, 2.75) is 82.2 Å². The Kier molecular flexibility index (Phi) is 9.83. The summed E-state index contributed by atoms with van der Waals surface area (Å²) in [5.74, 6) is 1.31. The van der Waals surface area contributed by atoms with Gasteiger partial charge in [0.1, 0.15) is 5.82 Å². The van der Waals surface area contributed by atoms with E-state index in [1.165, 1.54) is 32.1 Å². The van der Waals surface area contributed by atoms with Gasteiger partial charge in [-0.3, -0.25) is 9.59 Å². The van der Waals surface area contributed by atoms with E-state index in [2.05, 4.69) is 24.9 Å². The Labute approximate surface area is 225 Å². The molecule has 2 fully saturated rings. The first-order chi connectivity index (χ1) is 18.0. The van der Waals surface area contributed by atoms with Crippen molar-refractivity contribution in [3.63, 3.8) is 0 Å². The number of carbonyl (C=O) groups is 2. The van der Waals surface area contributed by atoms with Crippen LogP contribution in [0.15, 0.2) is 35.5 Å². The van der Waals surface area contributed by atoms with Crippen molar-refractivity contribution >= 4 is 29.5 Å². The molecule has 0 N–H and O–H groups in total. The Bertz CT molecular complexity index is 1060. The second-order valence-electron chi connectivity index (χ2n) is 10.1. The zero-order valence-corrected chi connectivity index (χ0v) is 23.3. The smallest absolute Gasteiger partial charge is 0.310 e. The van der Waals surface area contributed by atoms with Crippen LogP contribution in [0.1, 0.15) is 80.4 Å². The minimum atomic E-state index is -0.228. The fourth-order valence-electron chi connectivity index (χ4n) is 5.23. The number of carbonyl (C=O) groups excluding carboxylic acids is 2. The number of aromatic nitrogens is 2. The highest BCUT2D eigenvalue weighted by Gasteiger charge is 2.29. The van der Waals surface area contributed by atoms with Gasteiger partial charge in [0, 0.05) is 49.3 Å². The van der Waals surface area contributed by atoms with Crippen LogP contribution >= 0.6 is 11.8 Å². The molecule has 7 nitrogen and oxygen atoms in total. The van der Waals surface area contributed by atoms with Gasteiger partial charge < -0.3 is 14.5 Å². The van der Waals surface area contributed by atoms with E-state index in [1.807, 2.05) is 31.2 Å². The van der Waals surface area contributed by atoms with Gasteiger partial charge in [-0.25, -0.2) is 9.97 Å². The summed E-state index contributed by atoms with van der Waals surface area (Å²) >= 11 is 1.64. The van der Waals surface area contributed by atoms with Crippen molar-refractivity contribution in [3.05, 3.63) is 47.2 Å². The fraction of sp³-hybridized carbons (Fsp3) is 0.586. The topological polar surface area (TPSA) is 75.6 Å². The Balaban J connectivity index is 1.37. The average Bonchev–Trinajstić information content (AvgIpc) is 2.96. The lowest BCUT2D eigenvalue weighted by molar-refractivity contribution is -0.149. The van der Waals surface area contributed by atoms with Gasteiger partial charge in [0.25, 0.3) is 5.91 Å². The monoisotopic (exact) mass is 524 g/mol. The molecule has 2 aromatic rings. The number of ether oxygens (including phenoxy) is 1. The number of aryl methyl sites for hydroxylation is 1. The molecule has 1 aromatic carbocycles. The Morgan fingerprint density at radius 2 is 1.81 bits per heavy atom. The lowest BCUT2D eigenvalue weighted by Gasteiger charge is -2.32. The normalized spacial score (nSPS) is 18.5. The Morgan fingerprint density at radius 1 is 1.05 bits per heavy atom. The standard InChI is InChI=1S/C29H40N4O3S/c1-4-24-18-26(32(3)25-11-7-6-8-12-25)31-29(30-24)37-20-21-13-15-22(16-14-21)27(34)33-17-9-10-23(19-33)28(35)36-5-2/h13-16,18,23,25H,4-12,17,19-20H2,1-3H3. The number of nitrogens with zero attached hydrogens (tertiary/aromatic N) is 4. The number of amides is 1. The van der Waals surface area contributed by atoms with Gasteiger partial charge in [0.15, 0.2) is 5.16 Å². The summed E-state index contributed by atoms with van der Waals surface area (Å²) < 4.78 is 5.17. The molecule has 1 saturated carbocycles. The summed E-state index contributed by atoms with van der Waals surface area (Å²) in [6, 6.07) is 10.5. The number of likely N-dealkylation sites (tertiary alicyclic amines) is 1. The maximum Gasteiger partial charge on any atom is 0.310 e. The molecule has 2 heterocycles. The third kappa shape index (κ3) is 7.24. The average molecular weight is 525 g/mol. The van der Waals surface area contributed by atoms with Crippen LogP contribution in [0.5, 0.6) is 0 Å². The van der Waals surface area contributed by atoms with E-state index in [-0.39, 0.29) is 17.8 Å². The molecule has 1 saturated heterocycles. The van der Waals surface area contributed by atoms with E-state index < -0.39 is 0 Å². The van der Waals surface area contributed by atoms with Gasteiger partial charge in [-0.15, -0.1) is 0 Å². The van der Waals surface area contributed by atoms with Gasteiger partial charge in [0.2, 0.25) is 0 Å². The lowest BCUT2D eigenvalue weighted by atomic mass is 9.94. The molecule has 1 aliphatic carbocycles. The van der Waals surface area contributed by atoms with E-state index in [0.29, 0.717) is 31.3 Å². The summed E-state index contributed by atoms with van der Waals surface area (Å²) in [6.45, 7) is 5.42. The van der Waals surface area contributed by atoms with E-state index >= 15 is 0 Å². The molecule has 1 amide bonds. The first-order valence-electron chi connectivity index (χ1n) is 13.8. The quantitative estimate of drug-likeness (QED) is 0.243. The maximum absolute atomic E-state index is 13.1. The summed E-state index contributed by atoms with van der Waals surface area (Å²) in [5, 5.41) is 0.801. The molecule has 200 valence electrons.